The number of aliphatic hydroxyl groups is 1. The molecule has 1 aromatic heterocycles. The molecule has 1 aromatic carbocycles. The van der Waals surface area contributed by atoms with Crippen LogP contribution in [-0.4, -0.2) is 15.2 Å². The highest BCUT2D eigenvalue weighted by molar-refractivity contribution is 5.41. The van der Waals surface area contributed by atoms with Crippen LogP contribution in [0.5, 0.6) is 5.75 Å². The van der Waals surface area contributed by atoms with Crippen LogP contribution in [0.25, 0.3) is 0 Å². The molecule has 2 aromatic rings. The zero-order valence-corrected chi connectivity index (χ0v) is 10.7. The molecule has 0 atom stereocenters. The van der Waals surface area contributed by atoms with Crippen molar-refractivity contribution in [2.45, 2.75) is 26.0 Å². The normalized spacial score (nSPS) is 10.6. The molecule has 0 bridgehead atoms. The number of pyridine rings is 1. The monoisotopic (exact) mass is 258 g/mol. The van der Waals surface area contributed by atoms with Crippen molar-refractivity contribution in [1.82, 2.24) is 4.98 Å². The Bertz CT molecular complexity index is 541. The summed E-state index contributed by atoms with van der Waals surface area (Å²) < 4.78 is 0. The minimum Gasteiger partial charge on any atom is -0.506 e. The van der Waals surface area contributed by atoms with Crippen molar-refractivity contribution in [3.8, 4) is 5.75 Å². The van der Waals surface area contributed by atoms with E-state index in [0.717, 1.165) is 6.42 Å². The molecule has 2 rings (SSSR count). The molecule has 0 amide bonds. The fourth-order valence-corrected chi connectivity index (χ4v) is 2.08. The Hall–Kier alpha value is -1.91. The number of aliphatic hydroxyl groups excluding tert-OH is 1. The summed E-state index contributed by atoms with van der Waals surface area (Å²) in [4.78, 5) is 4.21. The molecule has 1 heterocycles. The Kier molecular flexibility index (Phi) is 4.49. The van der Waals surface area contributed by atoms with Crippen LogP contribution in [0.2, 0.25) is 0 Å². The molecular weight excluding hydrogens is 240 g/mol. The molecule has 4 nitrogen and oxygen atoms in total. The van der Waals surface area contributed by atoms with Gasteiger partial charge in [-0.3, -0.25) is 4.98 Å². The lowest BCUT2D eigenvalue weighted by Crippen LogP contribution is -2.06. The van der Waals surface area contributed by atoms with Crippen molar-refractivity contribution < 1.29 is 10.2 Å². The molecule has 0 unspecified atom stereocenters. The maximum atomic E-state index is 10.1. The highest BCUT2D eigenvalue weighted by Gasteiger charge is 2.12. The van der Waals surface area contributed by atoms with Crippen molar-refractivity contribution in [3.63, 3.8) is 0 Å². The van der Waals surface area contributed by atoms with E-state index >= 15 is 0 Å². The van der Waals surface area contributed by atoms with Crippen molar-refractivity contribution in [1.29, 1.82) is 0 Å². The third kappa shape index (κ3) is 3.10. The fourth-order valence-electron chi connectivity index (χ4n) is 2.08. The summed E-state index contributed by atoms with van der Waals surface area (Å²) in [5.41, 5.74) is 8.60. The molecule has 0 aliphatic carbocycles. The summed E-state index contributed by atoms with van der Waals surface area (Å²) >= 11 is 0. The van der Waals surface area contributed by atoms with Crippen molar-refractivity contribution in [2.75, 3.05) is 0 Å². The van der Waals surface area contributed by atoms with Gasteiger partial charge in [0.25, 0.3) is 0 Å². The van der Waals surface area contributed by atoms with Gasteiger partial charge >= 0.3 is 0 Å². The standard InChI is InChI=1S/C15H18N2O2/c16-8-13-12(10-18)9-17-14(15(13)19)7-6-11-4-2-1-3-5-11/h1-5,9,18-19H,6-8,10,16H2. The van der Waals surface area contributed by atoms with Crippen LogP contribution in [0.3, 0.4) is 0 Å². The first-order valence-electron chi connectivity index (χ1n) is 6.29. The van der Waals surface area contributed by atoms with Gasteiger partial charge in [-0.1, -0.05) is 30.3 Å². The summed E-state index contributed by atoms with van der Waals surface area (Å²) in [5.74, 6) is 0.116. The zero-order chi connectivity index (χ0) is 13.7. The van der Waals surface area contributed by atoms with E-state index in [-0.39, 0.29) is 18.9 Å². The predicted molar refractivity (Wildman–Crippen MR) is 73.6 cm³/mol. The Balaban J connectivity index is 2.17. The molecule has 4 N–H and O–H groups in total. The van der Waals surface area contributed by atoms with Crippen molar-refractivity contribution >= 4 is 0 Å². The average Bonchev–Trinajstić information content (AvgIpc) is 2.46. The SMILES string of the molecule is NCc1c(CO)cnc(CCc2ccccc2)c1O. The largest absolute Gasteiger partial charge is 0.506 e. The number of nitrogens with two attached hydrogens (primary N) is 1. The molecule has 100 valence electrons. The van der Waals surface area contributed by atoms with E-state index in [2.05, 4.69) is 4.98 Å². The molecule has 0 radical (unpaired) electrons. The van der Waals surface area contributed by atoms with Gasteiger partial charge in [0.1, 0.15) is 5.75 Å². The Labute approximate surface area is 112 Å². The first kappa shape index (κ1) is 13.5. The van der Waals surface area contributed by atoms with Crippen LogP contribution in [-0.2, 0) is 26.0 Å². The van der Waals surface area contributed by atoms with Crippen LogP contribution in [0.4, 0.5) is 0 Å². The summed E-state index contributed by atoms with van der Waals surface area (Å²) in [7, 11) is 0. The van der Waals surface area contributed by atoms with E-state index in [1.165, 1.54) is 5.56 Å². The third-order valence-corrected chi connectivity index (χ3v) is 3.19. The number of rotatable bonds is 5. The smallest absolute Gasteiger partial charge is 0.141 e. The van der Waals surface area contributed by atoms with E-state index in [0.29, 0.717) is 23.2 Å². The average molecular weight is 258 g/mol. The van der Waals surface area contributed by atoms with Crippen molar-refractivity contribution in [3.05, 3.63) is 58.9 Å². The molecule has 4 heteroatoms. The van der Waals surface area contributed by atoms with Crippen LogP contribution in [0.1, 0.15) is 22.4 Å². The Morgan fingerprint density at radius 3 is 2.47 bits per heavy atom. The highest BCUT2D eigenvalue weighted by atomic mass is 16.3. The number of hydrogen-bond donors (Lipinski definition) is 3. The molecule has 0 aliphatic heterocycles. The van der Waals surface area contributed by atoms with Crippen LogP contribution in [0.15, 0.2) is 36.5 Å². The maximum Gasteiger partial charge on any atom is 0.141 e. The molecule has 0 fully saturated rings. The lowest BCUT2D eigenvalue weighted by molar-refractivity contribution is 0.279. The molecule has 19 heavy (non-hydrogen) atoms. The maximum absolute atomic E-state index is 10.1. The summed E-state index contributed by atoms with van der Waals surface area (Å²) in [6.07, 6.45) is 3.04. The zero-order valence-electron chi connectivity index (χ0n) is 10.7. The topological polar surface area (TPSA) is 79.4 Å². The first-order valence-corrected chi connectivity index (χ1v) is 6.29. The van der Waals surface area contributed by atoms with Gasteiger partial charge in [0.05, 0.1) is 12.3 Å². The summed E-state index contributed by atoms with van der Waals surface area (Å²) in [6, 6.07) is 10.0. The second kappa shape index (κ2) is 6.31. The van der Waals surface area contributed by atoms with Crippen LogP contribution >= 0.6 is 0 Å². The van der Waals surface area contributed by atoms with Gasteiger partial charge < -0.3 is 15.9 Å². The minimum absolute atomic E-state index is 0.116. The molecule has 0 aliphatic rings. The number of nitrogens with zero attached hydrogens (tertiary/aromatic N) is 1. The van der Waals surface area contributed by atoms with Gasteiger partial charge in [-0.05, 0) is 18.4 Å². The van der Waals surface area contributed by atoms with Gasteiger partial charge in [-0.15, -0.1) is 0 Å². The molecule has 0 spiro atoms. The molecular formula is C15H18N2O2. The number of hydrogen-bond acceptors (Lipinski definition) is 4. The van der Waals surface area contributed by atoms with E-state index in [9.17, 15) is 5.11 Å². The summed E-state index contributed by atoms with van der Waals surface area (Å²) in [6.45, 7) is 0.0364. The van der Waals surface area contributed by atoms with Gasteiger partial charge in [0, 0.05) is 23.9 Å². The number of aromatic hydroxyl groups is 1. The number of aromatic nitrogens is 1. The number of benzene rings is 1. The van der Waals surface area contributed by atoms with E-state index in [4.69, 9.17) is 10.8 Å². The lowest BCUT2D eigenvalue weighted by atomic mass is 10.0. The van der Waals surface area contributed by atoms with Gasteiger partial charge in [-0.25, -0.2) is 0 Å². The van der Waals surface area contributed by atoms with E-state index in [1.807, 2.05) is 30.3 Å². The summed E-state index contributed by atoms with van der Waals surface area (Å²) in [5, 5.41) is 19.3. The second-order valence-electron chi connectivity index (χ2n) is 4.41. The fraction of sp³-hybridized carbons (Fsp3) is 0.267. The Morgan fingerprint density at radius 1 is 1.11 bits per heavy atom. The predicted octanol–water partition coefficient (Wildman–Crippen LogP) is 1.52. The second-order valence-corrected chi connectivity index (χ2v) is 4.41. The van der Waals surface area contributed by atoms with Gasteiger partial charge in [0.15, 0.2) is 0 Å². The number of aryl methyl sites for hydroxylation is 2. The van der Waals surface area contributed by atoms with Crippen LogP contribution < -0.4 is 5.73 Å². The highest BCUT2D eigenvalue weighted by Crippen LogP contribution is 2.25. The quantitative estimate of drug-likeness (QED) is 0.759. The molecule has 0 saturated heterocycles. The first-order chi connectivity index (χ1) is 9.26. The Morgan fingerprint density at radius 2 is 1.84 bits per heavy atom. The minimum atomic E-state index is -0.161. The van der Waals surface area contributed by atoms with Gasteiger partial charge in [-0.2, -0.15) is 0 Å². The van der Waals surface area contributed by atoms with E-state index in [1.54, 1.807) is 6.20 Å². The van der Waals surface area contributed by atoms with Crippen molar-refractivity contribution in [2.24, 2.45) is 5.73 Å². The third-order valence-electron chi connectivity index (χ3n) is 3.19. The van der Waals surface area contributed by atoms with E-state index < -0.39 is 0 Å². The van der Waals surface area contributed by atoms with Crippen LogP contribution in [0, 0.1) is 0 Å². The lowest BCUT2D eigenvalue weighted by Gasteiger charge is -2.11. The molecule has 0 saturated carbocycles. The van der Waals surface area contributed by atoms with Gasteiger partial charge in [0.2, 0.25) is 0 Å².